The van der Waals surface area contributed by atoms with Crippen LogP contribution in [0.4, 0.5) is 35.1 Å². The summed E-state index contributed by atoms with van der Waals surface area (Å²) in [6.45, 7) is 2.11. The molecule has 0 fully saturated rings. The van der Waals surface area contributed by atoms with E-state index in [9.17, 15) is 35.1 Å². The lowest BCUT2D eigenvalue weighted by molar-refractivity contribution is -0.189. The summed E-state index contributed by atoms with van der Waals surface area (Å²) in [5.41, 5.74) is -1.36. The highest BCUT2D eigenvalue weighted by atomic mass is 19.3. The molecule has 1 heterocycles. The highest BCUT2D eigenvalue weighted by Gasteiger charge is 2.41. The zero-order chi connectivity index (χ0) is 26.9. The van der Waals surface area contributed by atoms with Gasteiger partial charge in [0.2, 0.25) is 0 Å². The monoisotopic (exact) mass is 527 g/mol. The van der Waals surface area contributed by atoms with Crippen LogP contribution in [0.2, 0.25) is 0 Å². The van der Waals surface area contributed by atoms with E-state index in [0.717, 1.165) is 37.7 Å². The first kappa shape index (κ1) is 26.6. The Balaban J connectivity index is 1.60. The fraction of sp³-hybridized carbons (Fsp3) is 0.296. The summed E-state index contributed by atoms with van der Waals surface area (Å²) in [4.78, 5) is 3.96. The molecule has 0 amide bonds. The van der Waals surface area contributed by atoms with Gasteiger partial charge in [0.1, 0.15) is 34.5 Å². The van der Waals surface area contributed by atoms with Gasteiger partial charge in [-0.05, 0) is 54.5 Å². The summed E-state index contributed by atoms with van der Waals surface area (Å²) in [5, 5.41) is 0. The molecule has 1 unspecified atom stereocenters. The third-order valence-electron chi connectivity index (χ3n) is 6.24. The minimum atomic E-state index is -4.75. The highest BCUT2D eigenvalue weighted by Crippen LogP contribution is 2.38. The summed E-state index contributed by atoms with van der Waals surface area (Å²) in [6.07, 6.45) is 3.35. The smallest absolute Gasteiger partial charge is 0.429 e. The van der Waals surface area contributed by atoms with Crippen molar-refractivity contribution in [2.45, 2.75) is 45.1 Å². The van der Waals surface area contributed by atoms with Crippen molar-refractivity contribution in [3.05, 3.63) is 88.6 Å². The molecule has 3 aromatic rings. The molecule has 1 aliphatic rings. The largest absolute Gasteiger partial charge is 0.432 e. The molecule has 1 atom stereocenters. The molecule has 0 spiro atoms. The molecule has 0 saturated heterocycles. The van der Waals surface area contributed by atoms with Crippen molar-refractivity contribution in [3.8, 4) is 17.0 Å². The van der Waals surface area contributed by atoms with Gasteiger partial charge in [0.25, 0.3) is 0 Å². The molecule has 0 saturated carbocycles. The lowest BCUT2D eigenvalue weighted by atomic mass is 9.84. The minimum absolute atomic E-state index is 0.100. The van der Waals surface area contributed by atoms with Gasteiger partial charge in [-0.1, -0.05) is 25.8 Å². The van der Waals surface area contributed by atoms with E-state index in [1.165, 1.54) is 12.3 Å². The summed E-state index contributed by atoms with van der Waals surface area (Å²) < 4.78 is 117. The van der Waals surface area contributed by atoms with Crippen LogP contribution in [0.5, 0.6) is 5.75 Å². The van der Waals surface area contributed by atoms with Crippen molar-refractivity contribution < 1.29 is 39.9 Å². The average molecular weight is 527 g/mol. The molecule has 1 aromatic heterocycles. The molecule has 4 rings (SSSR count). The van der Waals surface area contributed by atoms with Crippen LogP contribution in [0.25, 0.3) is 16.8 Å². The van der Waals surface area contributed by atoms with Crippen molar-refractivity contribution >= 4 is 5.57 Å². The molecule has 0 aliphatic heterocycles. The molecule has 0 bridgehead atoms. The molecular formula is C27H21F8NO. The fourth-order valence-electron chi connectivity index (χ4n) is 4.43. The number of ether oxygens (including phenoxy) is 1. The summed E-state index contributed by atoms with van der Waals surface area (Å²) in [7, 11) is 0. The standard InChI is InChI=1S/C27H21F8NO/c1-2-3-14-4-6-15(7-5-14)17-10-23(32)26(36-13-17)16-8-19(28)24(20(29)9-16)27(34,35)37-18-11-21(30)25(33)22(31)12-18/h6,8-14H,2-5,7H2,1H3. The van der Waals surface area contributed by atoms with Crippen molar-refractivity contribution in [2.75, 3.05) is 0 Å². The van der Waals surface area contributed by atoms with E-state index >= 15 is 0 Å². The van der Waals surface area contributed by atoms with Crippen LogP contribution in [0.1, 0.15) is 50.2 Å². The van der Waals surface area contributed by atoms with E-state index in [1.807, 2.05) is 6.08 Å². The third kappa shape index (κ3) is 5.62. The Hall–Kier alpha value is -3.43. The molecule has 2 aromatic carbocycles. The van der Waals surface area contributed by atoms with Crippen LogP contribution in [-0.4, -0.2) is 4.98 Å². The number of hydrogen-bond donors (Lipinski definition) is 0. The van der Waals surface area contributed by atoms with Gasteiger partial charge in [-0.3, -0.25) is 4.98 Å². The number of alkyl halides is 2. The zero-order valence-corrected chi connectivity index (χ0v) is 19.5. The molecule has 37 heavy (non-hydrogen) atoms. The van der Waals surface area contributed by atoms with Crippen molar-refractivity contribution in [1.29, 1.82) is 0 Å². The highest BCUT2D eigenvalue weighted by molar-refractivity contribution is 5.69. The topological polar surface area (TPSA) is 22.1 Å². The number of aromatic nitrogens is 1. The zero-order valence-electron chi connectivity index (χ0n) is 19.5. The van der Waals surface area contributed by atoms with Crippen LogP contribution in [0, 0.1) is 40.8 Å². The normalized spacial score (nSPS) is 16.0. The first-order valence-corrected chi connectivity index (χ1v) is 11.6. The number of halogens is 8. The molecule has 196 valence electrons. The van der Waals surface area contributed by atoms with Crippen LogP contribution in [0.3, 0.4) is 0 Å². The van der Waals surface area contributed by atoms with Crippen molar-refractivity contribution in [2.24, 2.45) is 5.92 Å². The molecule has 0 radical (unpaired) electrons. The Morgan fingerprint density at radius 2 is 1.49 bits per heavy atom. The second-order valence-electron chi connectivity index (χ2n) is 8.85. The summed E-state index contributed by atoms with van der Waals surface area (Å²) >= 11 is 0. The van der Waals surface area contributed by atoms with Crippen LogP contribution in [0.15, 0.2) is 42.6 Å². The number of hydrogen-bond acceptors (Lipinski definition) is 2. The first-order valence-electron chi connectivity index (χ1n) is 11.6. The van der Waals surface area contributed by atoms with Gasteiger partial charge in [-0.15, -0.1) is 0 Å². The molecule has 2 nitrogen and oxygen atoms in total. The van der Waals surface area contributed by atoms with Gasteiger partial charge in [0.05, 0.1) is 0 Å². The Labute approximate surface area is 207 Å². The van der Waals surface area contributed by atoms with Crippen LogP contribution >= 0.6 is 0 Å². The van der Waals surface area contributed by atoms with Crippen LogP contribution < -0.4 is 4.74 Å². The quantitative estimate of drug-likeness (QED) is 0.227. The van der Waals surface area contributed by atoms with Gasteiger partial charge < -0.3 is 4.74 Å². The maximum Gasteiger partial charge on any atom is 0.432 e. The summed E-state index contributed by atoms with van der Waals surface area (Å²) in [6, 6.07) is 2.27. The SMILES string of the molecule is CCCC1CC=C(c2cnc(-c3cc(F)c(C(F)(F)Oc4cc(F)c(F)c(F)c4)c(F)c3)c(F)c2)CC1. The number of rotatable bonds is 7. The predicted octanol–water partition coefficient (Wildman–Crippen LogP) is 8.70. The van der Waals surface area contributed by atoms with E-state index in [-0.39, 0.29) is 12.1 Å². The van der Waals surface area contributed by atoms with E-state index in [4.69, 9.17) is 0 Å². The maximum atomic E-state index is 14.9. The number of nitrogens with zero attached hydrogens (tertiary/aromatic N) is 1. The maximum absolute atomic E-state index is 14.9. The number of benzene rings is 2. The van der Waals surface area contributed by atoms with Gasteiger partial charge in [0.15, 0.2) is 17.5 Å². The Morgan fingerprint density at radius 3 is 2.03 bits per heavy atom. The predicted molar refractivity (Wildman–Crippen MR) is 121 cm³/mol. The van der Waals surface area contributed by atoms with Crippen molar-refractivity contribution in [1.82, 2.24) is 4.98 Å². The molecule has 0 N–H and O–H groups in total. The van der Waals surface area contributed by atoms with Gasteiger partial charge >= 0.3 is 6.11 Å². The first-order chi connectivity index (χ1) is 17.5. The number of pyridine rings is 1. The molecule has 10 heteroatoms. The van der Waals surface area contributed by atoms with Gasteiger partial charge in [-0.25, -0.2) is 26.3 Å². The Kier molecular flexibility index (Phi) is 7.57. The van der Waals surface area contributed by atoms with E-state index in [1.54, 1.807) is 0 Å². The minimum Gasteiger partial charge on any atom is -0.429 e. The number of allylic oxidation sites excluding steroid dienone is 2. The summed E-state index contributed by atoms with van der Waals surface area (Å²) in [5.74, 6) is -10.8. The fourth-order valence-corrected chi connectivity index (χ4v) is 4.43. The Morgan fingerprint density at radius 1 is 0.865 bits per heavy atom. The molecular weight excluding hydrogens is 506 g/mol. The second-order valence-corrected chi connectivity index (χ2v) is 8.85. The van der Waals surface area contributed by atoms with E-state index in [0.29, 0.717) is 23.6 Å². The van der Waals surface area contributed by atoms with E-state index < -0.39 is 63.6 Å². The average Bonchev–Trinajstić information content (AvgIpc) is 2.82. The Bertz CT molecular complexity index is 1310. The second kappa shape index (κ2) is 10.5. The van der Waals surface area contributed by atoms with Crippen LogP contribution in [-0.2, 0) is 6.11 Å². The van der Waals surface area contributed by atoms with Crippen molar-refractivity contribution in [3.63, 3.8) is 0 Å². The molecule has 1 aliphatic carbocycles. The third-order valence-corrected chi connectivity index (χ3v) is 6.24. The lowest BCUT2D eigenvalue weighted by Crippen LogP contribution is -2.25. The lowest BCUT2D eigenvalue weighted by Gasteiger charge is -2.22. The van der Waals surface area contributed by atoms with Gasteiger partial charge in [0, 0.05) is 23.9 Å². The van der Waals surface area contributed by atoms with Gasteiger partial charge in [-0.2, -0.15) is 8.78 Å². The van der Waals surface area contributed by atoms with E-state index in [2.05, 4.69) is 16.6 Å².